The number of benzene rings is 1. The van der Waals surface area contributed by atoms with Gasteiger partial charge in [0.15, 0.2) is 0 Å². The van der Waals surface area contributed by atoms with E-state index in [1.165, 1.54) is 11.4 Å². The number of amides is 1. The number of carbonyl (C=O) groups excluding carboxylic acids is 1. The predicted molar refractivity (Wildman–Crippen MR) is 91.8 cm³/mol. The largest absolute Gasteiger partial charge is 0.497 e. The minimum atomic E-state index is -3.43. The molecule has 2 rings (SSSR count). The lowest BCUT2D eigenvalue weighted by Gasteiger charge is -2.27. The van der Waals surface area contributed by atoms with Gasteiger partial charge < -0.3 is 14.4 Å². The zero-order valence-electron chi connectivity index (χ0n) is 14.1. The molecule has 134 valence electrons. The highest BCUT2D eigenvalue weighted by atomic mass is 32.2. The molecule has 0 aromatic heterocycles. The minimum Gasteiger partial charge on any atom is -0.497 e. The maximum atomic E-state index is 12.1. The Morgan fingerprint density at radius 1 is 1.33 bits per heavy atom. The van der Waals surface area contributed by atoms with E-state index in [4.69, 9.17) is 9.47 Å². The number of sulfonamides is 1. The number of methoxy groups -OCH3 is 1. The lowest BCUT2D eigenvalue weighted by atomic mass is 10.2. The van der Waals surface area contributed by atoms with Crippen LogP contribution in [0.4, 0.5) is 5.69 Å². The fourth-order valence-corrected chi connectivity index (χ4v) is 3.55. The van der Waals surface area contributed by atoms with E-state index < -0.39 is 10.0 Å². The fourth-order valence-electron chi connectivity index (χ4n) is 2.60. The number of ether oxygens (including phenoxy) is 2. The third-order valence-corrected chi connectivity index (χ3v) is 5.05. The van der Waals surface area contributed by atoms with Gasteiger partial charge in [0.05, 0.1) is 32.3 Å². The number of hydrogen-bond acceptors (Lipinski definition) is 5. The summed E-state index contributed by atoms with van der Waals surface area (Å²) in [7, 11) is -1.90. The molecule has 1 fully saturated rings. The molecule has 0 bridgehead atoms. The number of anilines is 1. The van der Waals surface area contributed by atoms with E-state index in [0.717, 1.165) is 6.26 Å². The molecule has 0 radical (unpaired) electrons. The van der Waals surface area contributed by atoms with Gasteiger partial charge in [-0.25, -0.2) is 8.42 Å². The summed E-state index contributed by atoms with van der Waals surface area (Å²) >= 11 is 0. The smallest absolute Gasteiger partial charge is 0.232 e. The molecule has 1 aromatic carbocycles. The minimum absolute atomic E-state index is 0.0393. The fraction of sp³-hybridized carbons (Fsp3) is 0.562. The number of rotatable bonds is 7. The van der Waals surface area contributed by atoms with Crippen molar-refractivity contribution in [1.29, 1.82) is 0 Å². The van der Waals surface area contributed by atoms with Crippen LogP contribution in [-0.4, -0.2) is 65.4 Å². The summed E-state index contributed by atoms with van der Waals surface area (Å²) < 4.78 is 35.8. The van der Waals surface area contributed by atoms with Gasteiger partial charge in [-0.3, -0.25) is 9.10 Å². The molecule has 0 atom stereocenters. The van der Waals surface area contributed by atoms with Crippen LogP contribution in [0.15, 0.2) is 24.3 Å². The Kier molecular flexibility index (Phi) is 6.44. The Bertz CT molecular complexity index is 656. The third-order valence-electron chi connectivity index (χ3n) is 3.86. The molecule has 0 aliphatic carbocycles. The molecule has 24 heavy (non-hydrogen) atoms. The Hall–Kier alpha value is -1.80. The van der Waals surface area contributed by atoms with Crippen molar-refractivity contribution in [1.82, 2.24) is 4.90 Å². The normalized spacial score (nSPS) is 15.2. The second kappa shape index (κ2) is 8.34. The van der Waals surface area contributed by atoms with Gasteiger partial charge in [0, 0.05) is 32.1 Å². The molecule has 1 aliphatic heterocycles. The molecule has 1 amide bonds. The van der Waals surface area contributed by atoms with Gasteiger partial charge in [0.25, 0.3) is 0 Å². The summed E-state index contributed by atoms with van der Waals surface area (Å²) in [5.74, 6) is 0.628. The van der Waals surface area contributed by atoms with Crippen LogP contribution in [-0.2, 0) is 19.6 Å². The third kappa shape index (κ3) is 5.10. The lowest BCUT2D eigenvalue weighted by Crippen LogP contribution is -2.41. The quantitative estimate of drug-likeness (QED) is 0.731. The van der Waals surface area contributed by atoms with Crippen molar-refractivity contribution in [3.63, 3.8) is 0 Å². The van der Waals surface area contributed by atoms with Crippen molar-refractivity contribution in [2.75, 3.05) is 50.5 Å². The average molecular weight is 356 g/mol. The Labute approximate surface area is 143 Å². The highest BCUT2D eigenvalue weighted by Gasteiger charge is 2.20. The molecule has 0 saturated carbocycles. The van der Waals surface area contributed by atoms with Crippen LogP contribution in [0.3, 0.4) is 0 Å². The van der Waals surface area contributed by atoms with E-state index in [-0.39, 0.29) is 12.5 Å². The number of nitrogens with zero attached hydrogens (tertiary/aromatic N) is 2. The molecule has 0 N–H and O–H groups in total. The molecule has 7 nitrogen and oxygen atoms in total. The molecule has 1 aromatic rings. The Balaban J connectivity index is 1.98. The molecule has 1 aliphatic rings. The first-order valence-corrected chi connectivity index (χ1v) is 9.74. The molecular formula is C16H24N2O5S. The van der Waals surface area contributed by atoms with Crippen molar-refractivity contribution >= 4 is 21.6 Å². The van der Waals surface area contributed by atoms with Crippen LogP contribution in [0.1, 0.15) is 12.8 Å². The number of carbonyl (C=O) groups is 1. The van der Waals surface area contributed by atoms with Gasteiger partial charge in [-0.15, -0.1) is 0 Å². The molecule has 1 saturated heterocycles. The van der Waals surface area contributed by atoms with Crippen molar-refractivity contribution < 1.29 is 22.7 Å². The van der Waals surface area contributed by atoms with Crippen LogP contribution < -0.4 is 9.04 Å². The Morgan fingerprint density at radius 3 is 2.67 bits per heavy atom. The van der Waals surface area contributed by atoms with Crippen molar-refractivity contribution in [3.05, 3.63) is 24.3 Å². The van der Waals surface area contributed by atoms with E-state index >= 15 is 0 Å². The van der Waals surface area contributed by atoms with E-state index in [9.17, 15) is 13.2 Å². The number of hydrogen-bond donors (Lipinski definition) is 0. The van der Waals surface area contributed by atoms with Gasteiger partial charge in [-0.1, -0.05) is 6.07 Å². The van der Waals surface area contributed by atoms with Gasteiger partial charge >= 0.3 is 0 Å². The maximum Gasteiger partial charge on any atom is 0.232 e. The van der Waals surface area contributed by atoms with Crippen LogP contribution in [0, 0.1) is 0 Å². The van der Waals surface area contributed by atoms with Crippen LogP contribution >= 0.6 is 0 Å². The molecule has 0 spiro atoms. The maximum absolute atomic E-state index is 12.1. The van der Waals surface area contributed by atoms with Gasteiger partial charge in [0.1, 0.15) is 5.75 Å². The van der Waals surface area contributed by atoms with Crippen LogP contribution in [0.25, 0.3) is 0 Å². The second-order valence-electron chi connectivity index (χ2n) is 5.63. The highest BCUT2D eigenvalue weighted by Crippen LogP contribution is 2.23. The molecule has 8 heteroatoms. The van der Waals surface area contributed by atoms with Gasteiger partial charge in [0.2, 0.25) is 15.9 Å². The Morgan fingerprint density at radius 2 is 2.04 bits per heavy atom. The summed E-state index contributed by atoms with van der Waals surface area (Å²) in [6.07, 6.45) is 1.94. The molecule has 1 heterocycles. The van der Waals surface area contributed by atoms with Gasteiger partial charge in [-0.05, 0) is 18.6 Å². The van der Waals surface area contributed by atoms with Crippen LogP contribution in [0.5, 0.6) is 5.75 Å². The van der Waals surface area contributed by atoms with Crippen molar-refractivity contribution in [3.8, 4) is 5.75 Å². The van der Waals surface area contributed by atoms with Gasteiger partial charge in [-0.2, -0.15) is 0 Å². The average Bonchev–Trinajstić information content (AvgIpc) is 2.58. The standard InChI is InChI=1S/C16H24N2O5S/c1-22-15-6-3-5-14(13-15)18(24(2,20)21)8-4-7-16(19)17-9-11-23-12-10-17/h3,5-6,13H,4,7-12H2,1-2H3. The van der Waals surface area contributed by atoms with Crippen LogP contribution in [0.2, 0.25) is 0 Å². The predicted octanol–water partition coefficient (Wildman–Crippen LogP) is 1.10. The van der Waals surface area contributed by atoms with Crippen molar-refractivity contribution in [2.45, 2.75) is 12.8 Å². The molecular weight excluding hydrogens is 332 g/mol. The first-order valence-electron chi connectivity index (χ1n) is 7.89. The lowest BCUT2D eigenvalue weighted by molar-refractivity contribution is -0.135. The summed E-state index contributed by atoms with van der Waals surface area (Å²) in [6.45, 7) is 2.58. The first-order chi connectivity index (χ1) is 11.4. The summed E-state index contributed by atoms with van der Waals surface area (Å²) in [4.78, 5) is 13.9. The summed E-state index contributed by atoms with van der Waals surface area (Å²) in [5, 5.41) is 0. The van der Waals surface area contributed by atoms with E-state index in [0.29, 0.717) is 50.6 Å². The van der Waals surface area contributed by atoms with E-state index in [1.807, 2.05) is 0 Å². The molecule has 0 unspecified atom stereocenters. The SMILES string of the molecule is COc1cccc(N(CCCC(=O)N2CCOCC2)S(C)(=O)=O)c1. The monoisotopic (exact) mass is 356 g/mol. The first kappa shape index (κ1) is 18.5. The van der Waals surface area contributed by atoms with E-state index in [2.05, 4.69) is 0 Å². The summed E-state index contributed by atoms with van der Waals surface area (Å²) in [6, 6.07) is 6.88. The van der Waals surface area contributed by atoms with E-state index in [1.54, 1.807) is 29.2 Å². The summed E-state index contributed by atoms with van der Waals surface area (Å²) in [5.41, 5.74) is 0.538. The van der Waals surface area contributed by atoms with Crippen molar-refractivity contribution in [2.24, 2.45) is 0 Å². The number of morpholine rings is 1. The zero-order valence-corrected chi connectivity index (χ0v) is 14.9. The topological polar surface area (TPSA) is 76.2 Å². The second-order valence-corrected chi connectivity index (χ2v) is 7.54. The highest BCUT2D eigenvalue weighted by molar-refractivity contribution is 7.92. The zero-order chi connectivity index (χ0) is 17.6.